The maximum atomic E-state index is 11.6. The van der Waals surface area contributed by atoms with E-state index in [1.807, 2.05) is 0 Å². The highest BCUT2D eigenvalue weighted by molar-refractivity contribution is 5.96. The molecule has 0 spiro atoms. The lowest BCUT2D eigenvalue weighted by Crippen LogP contribution is -2.25. The van der Waals surface area contributed by atoms with E-state index in [2.05, 4.69) is 10.5 Å². The molecule has 0 bridgehead atoms. The van der Waals surface area contributed by atoms with Crippen molar-refractivity contribution in [2.45, 2.75) is 12.8 Å². The molecule has 1 aromatic rings. The molecule has 6 heteroatoms. The Morgan fingerprint density at radius 3 is 2.76 bits per heavy atom. The van der Waals surface area contributed by atoms with Crippen LogP contribution >= 0.6 is 0 Å². The molecule has 0 unspecified atom stereocenters. The van der Waals surface area contributed by atoms with Crippen LogP contribution in [0.1, 0.15) is 33.6 Å². The second-order valence-corrected chi connectivity index (χ2v) is 3.95. The van der Waals surface area contributed by atoms with Gasteiger partial charge in [-0.3, -0.25) is 14.6 Å². The van der Waals surface area contributed by atoms with E-state index in [1.54, 1.807) is 0 Å². The van der Waals surface area contributed by atoms with Crippen molar-refractivity contribution in [3.8, 4) is 0 Å². The van der Waals surface area contributed by atoms with E-state index < -0.39 is 11.9 Å². The lowest BCUT2D eigenvalue weighted by atomic mass is 10.2. The lowest BCUT2D eigenvalue weighted by molar-refractivity contribution is 0.0270. The Balaban J connectivity index is 1.92. The minimum Gasteiger partial charge on any atom is -0.478 e. The fourth-order valence-electron chi connectivity index (χ4n) is 1.25. The molecule has 1 fully saturated rings. The van der Waals surface area contributed by atoms with Gasteiger partial charge in [-0.25, -0.2) is 10.3 Å². The first-order valence-corrected chi connectivity index (χ1v) is 5.27. The number of aromatic nitrogens is 1. The standard InChI is InChI=1S/C11H12N2O4/c14-10(13-17-6-7-1-2-7)8-3-9(11(15)16)5-12-4-8/h3-5,7H,1-2,6H2,(H,13,14)(H,15,16). The van der Waals surface area contributed by atoms with Crippen LogP contribution in [0.2, 0.25) is 0 Å². The number of nitrogens with one attached hydrogen (secondary N) is 1. The fourth-order valence-corrected chi connectivity index (χ4v) is 1.25. The molecule has 6 nitrogen and oxygen atoms in total. The van der Waals surface area contributed by atoms with Gasteiger partial charge in [-0.15, -0.1) is 0 Å². The number of hydroxylamine groups is 1. The third kappa shape index (κ3) is 3.25. The summed E-state index contributed by atoms with van der Waals surface area (Å²) in [5.41, 5.74) is 2.40. The van der Waals surface area contributed by atoms with Crippen LogP contribution in [0.25, 0.3) is 0 Å². The first kappa shape index (κ1) is 11.5. The van der Waals surface area contributed by atoms with Gasteiger partial charge in [0, 0.05) is 12.4 Å². The Kier molecular flexibility index (Phi) is 3.34. The Bertz CT molecular complexity index is 443. The number of carbonyl (C=O) groups is 2. The molecule has 0 aromatic carbocycles. The maximum Gasteiger partial charge on any atom is 0.337 e. The highest BCUT2D eigenvalue weighted by Crippen LogP contribution is 2.28. The lowest BCUT2D eigenvalue weighted by Gasteiger charge is -2.05. The van der Waals surface area contributed by atoms with Crippen LogP contribution in [0.4, 0.5) is 0 Å². The molecule has 0 radical (unpaired) electrons. The summed E-state index contributed by atoms with van der Waals surface area (Å²) in [5.74, 6) is -1.06. The number of carboxylic acids is 1. The molecular formula is C11H12N2O4. The fraction of sp³-hybridized carbons (Fsp3) is 0.364. The van der Waals surface area contributed by atoms with Crippen LogP contribution in [0.5, 0.6) is 0 Å². The molecule has 1 amide bonds. The number of amides is 1. The highest BCUT2D eigenvalue weighted by atomic mass is 16.7. The largest absolute Gasteiger partial charge is 0.478 e. The SMILES string of the molecule is O=C(O)c1cncc(C(=O)NOCC2CC2)c1. The van der Waals surface area contributed by atoms with Gasteiger partial charge in [0.2, 0.25) is 0 Å². The molecule has 0 aliphatic heterocycles. The molecule has 1 heterocycles. The van der Waals surface area contributed by atoms with Crippen molar-refractivity contribution in [1.82, 2.24) is 10.5 Å². The normalized spacial score (nSPS) is 14.4. The summed E-state index contributed by atoms with van der Waals surface area (Å²) < 4.78 is 0. The van der Waals surface area contributed by atoms with Crippen molar-refractivity contribution in [3.63, 3.8) is 0 Å². The first-order chi connectivity index (χ1) is 8.16. The summed E-state index contributed by atoms with van der Waals surface area (Å²) in [6, 6.07) is 1.26. The minimum atomic E-state index is -1.12. The number of carbonyl (C=O) groups excluding carboxylic acids is 1. The Hall–Kier alpha value is -1.95. The number of hydrogen-bond acceptors (Lipinski definition) is 4. The van der Waals surface area contributed by atoms with Gasteiger partial charge in [-0.05, 0) is 24.8 Å². The molecular weight excluding hydrogens is 224 g/mol. The Labute approximate surface area is 97.6 Å². The summed E-state index contributed by atoms with van der Waals surface area (Å²) in [6.45, 7) is 0.498. The van der Waals surface area contributed by atoms with Gasteiger partial charge in [-0.2, -0.15) is 0 Å². The molecule has 0 saturated heterocycles. The molecule has 1 aliphatic rings. The van der Waals surface area contributed by atoms with Crippen LogP contribution in [-0.2, 0) is 4.84 Å². The predicted octanol–water partition coefficient (Wildman–Crippen LogP) is 0.851. The Morgan fingerprint density at radius 2 is 2.12 bits per heavy atom. The van der Waals surface area contributed by atoms with E-state index >= 15 is 0 Å². The van der Waals surface area contributed by atoms with E-state index in [0.717, 1.165) is 12.8 Å². The molecule has 0 atom stereocenters. The summed E-state index contributed by atoms with van der Waals surface area (Å²) >= 11 is 0. The van der Waals surface area contributed by atoms with E-state index in [0.29, 0.717) is 12.5 Å². The average molecular weight is 236 g/mol. The third-order valence-electron chi connectivity index (χ3n) is 2.43. The molecule has 1 aliphatic carbocycles. The molecule has 17 heavy (non-hydrogen) atoms. The summed E-state index contributed by atoms with van der Waals surface area (Å²) in [4.78, 5) is 30.9. The minimum absolute atomic E-state index is 0.0279. The highest BCUT2D eigenvalue weighted by Gasteiger charge is 2.22. The van der Waals surface area contributed by atoms with Crippen molar-refractivity contribution in [3.05, 3.63) is 29.6 Å². The average Bonchev–Trinajstić information content (AvgIpc) is 3.13. The van der Waals surface area contributed by atoms with Gasteiger partial charge in [0.25, 0.3) is 5.91 Å². The maximum absolute atomic E-state index is 11.6. The van der Waals surface area contributed by atoms with Gasteiger partial charge in [0.15, 0.2) is 0 Å². The van der Waals surface area contributed by atoms with E-state index in [9.17, 15) is 9.59 Å². The summed E-state index contributed by atoms with van der Waals surface area (Å²) in [7, 11) is 0. The zero-order valence-electron chi connectivity index (χ0n) is 9.05. The van der Waals surface area contributed by atoms with Crippen LogP contribution in [0.15, 0.2) is 18.5 Å². The zero-order chi connectivity index (χ0) is 12.3. The number of aromatic carboxylic acids is 1. The van der Waals surface area contributed by atoms with Crippen LogP contribution < -0.4 is 5.48 Å². The van der Waals surface area contributed by atoms with Crippen molar-refractivity contribution in [1.29, 1.82) is 0 Å². The van der Waals surface area contributed by atoms with Gasteiger partial charge in [0.1, 0.15) is 0 Å². The number of pyridine rings is 1. The molecule has 2 rings (SSSR count). The molecule has 1 saturated carbocycles. The van der Waals surface area contributed by atoms with E-state index in [1.165, 1.54) is 18.5 Å². The topological polar surface area (TPSA) is 88.5 Å². The van der Waals surface area contributed by atoms with Crippen molar-refractivity contribution in [2.75, 3.05) is 6.61 Å². The number of rotatable bonds is 5. The van der Waals surface area contributed by atoms with E-state index in [-0.39, 0.29) is 11.1 Å². The number of nitrogens with zero attached hydrogens (tertiary/aromatic N) is 1. The summed E-state index contributed by atoms with van der Waals surface area (Å²) in [6.07, 6.45) is 4.74. The van der Waals surface area contributed by atoms with Gasteiger partial charge < -0.3 is 5.11 Å². The van der Waals surface area contributed by atoms with Crippen LogP contribution in [0, 0.1) is 5.92 Å². The third-order valence-corrected chi connectivity index (χ3v) is 2.43. The Morgan fingerprint density at radius 1 is 1.41 bits per heavy atom. The van der Waals surface area contributed by atoms with Gasteiger partial charge in [0.05, 0.1) is 17.7 Å². The second-order valence-electron chi connectivity index (χ2n) is 3.95. The van der Waals surface area contributed by atoms with Crippen molar-refractivity contribution in [2.24, 2.45) is 5.92 Å². The smallest absolute Gasteiger partial charge is 0.337 e. The first-order valence-electron chi connectivity index (χ1n) is 5.27. The summed E-state index contributed by atoms with van der Waals surface area (Å²) in [5, 5.41) is 8.75. The molecule has 90 valence electrons. The zero-order valence-corrected chi connectivity index (χ0v) is 9.05. The van der Waals surface area contributed by atoms with Crippen molar-refractivity contribution >= 4 is 11.9 Å². The number of carboxylic acid groups (broad SMARTS) is 1. The molecule has 2 N–H and O–H groups in total. The molecule has 1 aromatic heterocycles. The number of hydrogen-bond donors (Lipinski definition) is 2. The van der Waals surface area contributed by atoms with Crippen LogP contribution in [0.3, 0.4) is 0 Å². The predicted molar refractivity (Wildman–Crippen MR) is 57.3 cm³/mol. The van der Waals surface area contributed by atoms with Gasteiger partial charge >= 0.3 is 5.97 Å². The van der Waals surface area contributed by atoms with Crippen LogP contribution in [-0.4, -0.2) is 28.6 Å². The van der Waals surface area contributed by atoms with Gasteiger partial charge in [-0.1, -0.05) is 0 Å². The second kappa shape index (κ2) is 4.92. The van der Waals surface area contributed by atoms with Crippen molar-refractivity contribution < 1.29 is 19.5 Å². The monoisotopic (exact) mass is 236 g/mol. The van der Waals surface area contributed by atoms with E-state index in [4.69, 9.17) is 9.94 Å². The quantitative estimate of drug-likeness (QED) is 0.740.